The molecule has 0 saturated carbocycles. The Kier molecular flexibility index (Phi) is 7.21. The van der Waals surface area contributed by atoms with E-state index < -0.39 is 22.4 Å². The number of primary amides is 1. The molecule has 5 heteroatoms. The van der Waals surface area contributed by atoms with Crippen molar-refractivity contribution < 1.29 is 14.7 Å². The van der Waals surface area contributed by atoms with Crippen molar-refractivity contribution in [3.05, 3.63) is 0 Å². The van der Waals surface area contributed by atoms with Crippen LogP contribution in [-0.2, 0) is 9.59 Å². The van der Waals surface area contributed by atoms with Crippen molar-refractivity contribution in [3.63, 3.8) is 0 Å². The SMILES string of the molecule is CCC[C@H](C)[C@@H](S[C@@H](CC)C(N)=O)C(=O)O. The predicted octanol–water partition coefficient (Wildman–Crippen LogP) is 1.87. The Morgan fingerprint density at radius 2 is 1.94 bits per heavy atom. The lowest BCUT2D eigenvalue weighted by Gasteiger charge is -2.22. The number of carboxylic acid groups (broad SMARTS) is 1. The van der Waals surface area contributed by atoms with Crippen LogP contribution in [-0.4, -0.2) is 27.5 Å². The number of nitrogens with two attached hydrogens (primary N) is 1. The zero-order chi connectivity index (χ0) is 12.7. The van der Waals surface area contributed by atoms with Crippen LogP contribution in [0.5, 0.6) is 0 Å². The molecule has 0 bridgehead atoms. The zero-order valence-electron chi connectivity index (χ0n) is 10.1. The molecule has 3 N–H and O–H groups in total. The number of carbonyl (C=O) groups excluding carboxylic acids is 1. The fourth-order valence-electron chi connectivity index (χ4n) is 1.58. The summed E-state index contributed by atoms with van der Waals surface area (Å²) in [6.07, 6.45) is 2.36. The second-order valence-electron chi connectivity index (χ2n) is 3.96. The third-order valence-electron chi connectivity index (χ3n) is 2.50. The maximum Gasteiger partial charge on any atom is 0.316 e. The summed E-state index contributed by atoms with van der Waals surface area (Å²) in [5.41, 5.74) is 5.22. The first-order chi connectivity index (χ1) is 7.43. The van der Waals surface area contributed by atoms with E-state index in [0.29, 0.717) is 6.42 Å². The molecule has 3 atom stereocenters. The normalized spacial score (nSPS) is 16.4. The minimum Gasteiger partial charge on any atom is -0.480 e. The second-order valence-corrected chi connectivity index (χ2v) is 5.31. The van der Waals surface area contributed by atoms with E-state index in [1.165, 1.54) is 11.8 Å². The number of thioether (sulfide) groups is 1. The first-order valence-corrected chi connectivity index (χ1v) is 6.55. The fraction of sp³-hybridized carbons (Fsp3) is 0.818. The van der Waals surface area contributed by atoms with Crippen molar-refractivity contribution >= 4 is 23.6 Å². The molecular weight excluding hydrogens is 226 g/mol. The summed E-state index contributed by atoms with van der Waals surface area (Å²) in [7, 11) is 0. The molecule has 0 radical (unpaired) electrons. The van der Waals surface area contributed by atoms with Crippen molar-refractivity contribution in [2.45, 2.75) is 50.5 Å². The summed E-state index contributed by atoms with van der Waals surface area (Å²) in [5.74, 6) is -1.23. The maximum atomic E-state index is 11.1. The Balaban J connectivity index is 4.54. The van der Waals surface area contributed by atoms with E-state index in [1.54, 1.807) is 0 Å². The highest BCUT2D eigenvalue weighted by Gasteiger charge is 2.29. The van der Waals surface area contributed by atoms with E-state index in [-0.39, 0.29) is 5.92 Å². The van der Waals surface area contributed by atoms with Gasteiger partial charge in [0.2, 0.25) is 5.91 Å². The van der Waals surface area contributed by atoms with E-state index in [2.05, 4.69) is 0 Å². The lowest BCUT2D eigenvalue weighted by atomic mass is 10.0. The molecule has 0 spiro atoms. The molecule has 0 aliphatic carbocycles. The van der Waals surface area contributed by atoms with Crippen molar-refractivity contribution in [2.75, 3.05) is 0 Å². The van der Waals surface area contributed by atoms with Gasteiger partial charge in [-0.15, -0.1) is 11.8 Å². The number of carbonyl (C=O) groups is 2. The van der Waals surface area contributed by atoms with Gasteiger partial charge >= 0.3 is 5.97 Å². The van der Waals surface area contributed by atoms with Crippen LogP contribution in [0, 0.1) is 5.92 Å². The minimum absolute atomic E-state index is 0.0564. The van der Waals surface area contributed by atoms with Gasteiger partial charge in [-0.3, -0.25) is 9.59 Å². The number of carboxylic acids is 1. The topological polar surface area (TPSA) is 80.4 Å². The molecular formula is C11H21NO3S. The van der Waals surface area contributed by atoms with E-state index in [9.17, 15) is 9.59 Å². The summed E-state index contributed by atoms with van der Waals surface area (Å²) in [6, 6.07) is 0. The van der Waals surface area contributed by atoms with Crippen molar-refractivity contribution in [1.29, 1.82) is 0 Å². The van der Waals surface area contributed by atoms with Gasteiger partial charge in [0.1, 0.15) is 5.25 Å². The molecule has 94 valence electrons. The van der Waals surface area contributed by atoms with Crippen LogP contribution in [0.1, 0.15) is 40.0 Å². The van der Waals surface area contributed by atoms with Crippen LogP contribution in [0.3, 0.4) is 0 Å². The van der Waals surface area contributed by atoms with Crippen LogP contribution in [0.25, 0.3) is 0 Å². The smallest absolute Gasteiger partial charge is 0.316 e. The highest BCUT2D eigenvalue weighted by molar-refractivity contribution is 8.01. The molecule has 0 aliphatic heterocycles. The number of rotatable bonds is 8. The molecule has 0 heterocycles. The molecule has 0 aromatic rings. The lowest BCUT2D eigenvalue weighted by molar-refractivity contribution is -0.137. The van der Waals surface area contributed by atoms with Crippen molar-refractivity contribution in [2.24, 2.45) is 11.7 Å². The molecule has 1 amide bonds. The van der Waals surface area contributed by atoms with Gasteiger partial charge in [-0.2, -0.15) is 0 Å². The molecule has 0 aliphatic rings. The Morgan fingerprint density at radius 3 is 2.25 bits per heavy atom. The predicted molar refractivity (Wildman–Crippen MR) is 66.4 cm³/mol. The average Bonchev–Trinajstić information content (AvgIpc) is 2.18. The Morgan fingerprint density at radius 1 is 1.38 bits per heavy atom. The molecule has 16 heavy (non-hydrogen) atoms. The van der Waals surface area contributed by atoms with Crippen molar-refractivity contribution in [3.8, 4) is 0 Å². The third-order valence-corrected chi connectivity index (χ3v) is 4.36. The Labute approximate surface area is 101 Å². The van der Waals surface area contributed by atoms with Gasteiger partial charge in [0.15, 0.2) is 0 Å². The first-order valence-electron chi connectivity index (χ1n) is 5.61. The van der Waals surface area contributed by atoms with E-state index >= 15 is 0 Å². The summed E-state index contributed by atoms with van der Waals surface area (Å²) < 4.78 is 0. The van der Waals surface area contributed by atoms with Gasteiger partial charge < -0.3 is 10.8 Å². The summed E-state index contributed by atoms with van der Waals surface area (Å²) in [6.45, 7) is 5.76. The number of amides is 1. The fourth-order valence-corrected chi connectivity index (χ4v) is 2.79. The Bertz CT molecular complexity index is 245. The second kappa shape index (κ2) is 7.54. The van der Waals surface area contributed by atoms with Crippen LogP contribution in [0.4, 0.5) is 0 Å². The average molecular weight is 247 g/mol. The van der Waals surface area contributed by atoms with E-state index in [4.69, 9.17) is 10.8 Å². The van der Waals surface area contributed by atoms with E-state index in [0.717, 1.165) is 12.8 Å². The van der Waals surface area contributed by atoms with E-state index in [1.807, 2.05) is 20.8 Å². The first kappa shape index (κ1) is 15.3. The number of hydrogen-bond donors (Lipinski definition) is 2. The van der Waals surface area contributed by atoms with Gasteiger partial charge in [0.25, 0.3) is 0 Å². The van der Waals surface area contributed by atoms with Gasteiger partial charge in [-0.1, -0.05) is 27.2 Å². The molecule has 0 fully saturated rings. The molecule has 0 aromatic heterocycles. The molecule has 0 aromatic carbocycles. The van der Waals surface area contributed by atoms with Gasteiger partial charge in [-0.05, 0) is 18.8 Å². The maximum absolute atomic E-state index is 11.1. The number of hydrogen-bond acceptors (Lipinski definition) is 3. The number of aliphatic carboxylic acids is 1. The van der Waals surface area contributed by atoms with Gasteiger partial charge in [0, 0.05) is 0 Å². The molecule has 0 unspecified atom stereocenters. The summed E-state index contributed by atoms with van der Waals surface area (Å²) in [4.78, 5) is 22.2. The van der Waals surface area contributed by atoms with Crippen LogP contribution in [0.2, 0.25) is 0 Å². The van der Waals surface area contributed by atoms with Crippen LogP contribution in [0.15, 0.2) is 0 Å². The molecule has 4 nitrogen and oxygen atoms in total. The molecule has 0 rings (SSSR count). The lowest BCUT2D eigenvalue weighted by Crippen LogP contribution is -2.32. The van der Waals surface area contributed by atoms with Gasteiger partial charge in [0.05, 0.1) is 5.25 Å². The van der Waals surface area contributed by atoms with Crippen LogP contribution >= 0.6 is 11.8 Å². The standard InChI is InChI=1S/C11H21NO3S/c1-4-6-7(3)9(11(14)15)16-8(5-2)10(12)13/h7-9H,4-6H2,1-3H3,(H2,12,13)(H,14,15)/t7-,8-,9+/m0/s1. The Hall–Kier alpha value is -0.710. The summed E-state index contributed by atoms with van der Waals surface area (Å²) in [5, 5.41) is 8.18. The highest BCUT2D eigenvalue weighted by atomic mass is 32.2. The monoisotopic (exact) mass is 247 g/mol. The molecule has 0 saturated heterocycles. The minimum atomic E-state index is -0.856. The quantitative estimate of drug-likeness (QED) is 0.686. The van der Waals surface area contributed by atoms with Crippen LogP contribution < -0.4 is 5.73 Å². The van der Waals surface area contributed by atoms with Gasteiger partial charge in [-0.25, -0.2) is 0 Å². The highest BCUT2D eigenvalue weighted by Crippen LogP contribution is 2.28. The largest absolute Gasteiger partial charge is 0.480 e. The third kappa shape index (κ3) is 4.88. The van der Waals surface area contributed by atoms with Crippen molar-refractivity contribution in [1.82, 2.24) is 0 Å². The summed E-state index contributed by atoms with van der Waals surface area (Å²) >= 11 is 1.18. The zero-order valence-corrected chi connectivity index (χ0v) is 10.9.